The van der Waals surface area contributed by atoms with Crippen LogP contribution in [0.4, 0.5) is 0 Å². The molecule has 0 spiro atoms. The van der Waals surface area contributed by atoms with Crippen molar-refractivity contribution in [1.29, 1.82) is 0 Å². The summed E-state index contributed by atoms with van der Waals surface area (Å²) in [6.45, 7) is 3.01. The summed E-state index contributed by atoms with van der Waals surface area (Å²) in [5, 5.41) is 0. The molecule has 1 fully saturated rings. The third kappa shape index (κ3) is 1.58. The Bertz CT molecular complexity index is 277. The van der Waals surface area contributed by atoms with Crippen molar-refractivity contribution in [1.82, 2.24) is 0 Å². The molecule has 1 unspecified atom stereocenters. The second kappa shape index (κ2) is 2.63. The zero-order valence-corrected chi connectivity index (χ0v) is 6.33. The highest BCUT2D eigenvalue weighted by atomic mass is 32.2. The van der Waals surface area contributed by atoms with Crippen molar-refractivity contribution in [3.8, 4) is 0 Å². The van der Waals surface area contributed by atoms with Gasteiger partial charge in [-0.2, -0.15) is 8.42 Å². The van der Waals surface area contributed by atoms with Gasteiger partial charge in [0.05, 0.1) is 0 Å². The number of carbonyl (C=O) groups excluding carboxylic acids is 1. The Hall–Kier alpha value is -0.880. The second-order valence-electron chi connectivity index (χ2n) is 1.85. The first-order chi connectivity index (χ1) is 5.06. The largest absolute Gasteiger partial charge is 0.438 e. The molecule has 0 aliphatic carbocycles. The second-order valence-corrected chi connectivity index (χ2v) is 3.59. The van der Waals surface area contributed by atoms with Gasteiger partial charge in [0.15, 0.2) is 0 Å². The minimum absolute atomic E-state index is 0.0953. The number of hydrogen-bond donors (Lipinski definition) is 0. The van der Waals surface area contributed by atoms with Crippen molar-refractivity contribution < 1.29 is 22.1 Å². The van der Waals surface area contributed by atoms with Crippen LogP contribution in [-0.4, -0.2) is 26.4 Å². The smallest absolute Gasteiger partial charge is 0.331 e. The molecule has 1 rings (SSSR count). The van der Waals surface area contributed by atoms with Gasteiger partial charge in [0.1, 0.15) is 6.61 Å². The van der Waals surface area contributed by atoms with Crippen molar-refractivity contribution in [2.24, 2.45) is 0 Å². The van der Waals surface area contributed by atoms with Crippen LogP contribution in [0.5, 0.6) is 0 Å². The van der Waals surface area contributed by atoms with Crippen LogP contribution in [0, 0.1) is 0 Å². The van der Waals surface area contributed by atoms with E-state index in [2.05, 4.69) is 15.5 Å². The van der Waals surface area contributed by atoms with E-state index < -0.39 is 21.5 Å². The first kappa shape index (κ1) is 8.22. The maximum absolute atomic E-state index is 10.5. The summed E-state index contributed by atoms with van der Waals surface area (Å²) in [7, 11) is -3.62. The molecule has 1 saturated heterocycles. The molecule has 5 nitrogen and oxygen atoms in total. The summed E-state index contributed by atoms with van der Waals surface area (Å²) >= 11 is 0. The Kier molecular flexibility index (Phi) is 1.97. The molecule has 6 heteroatoms. The van der Waals surface area contributed by atoms with E-state index in [0.717, 1.165) is 6.08 Å². The van der Waals surface area contributed by atoms with E-state index in [0.29, 0.717) is 0 Å². The lowest BCUT2D eigenvalue weighted by molar-refractivity contribution is -0.142. The zero-order chi connectivity index (χ0) is 8.48. The Morgan fingerprint density at radius 2 is 2.36 bits per heavy atom. The Morgan fingerprint density at radius 1 is 1.73 bits per heavy atom. The lowest BCUT2D eigenvalue weighted by atomic mass is 10.6. The molecule has 1 heterocycles. The Labute approximate surface area is 63.7 Å². The monoisotopic (exact) mass is 178 g/mol. The lowest BCUT2D eigenvalue weighted by Gasteiger charge is -2.24. The maximum Gasteiger partial charge on any atom is 0.331 e. The zero-order valence-electron chi connectivity index (χ0n) is 5.52. The van der Waals surface area contributed by atoms with Crippen LogP contribution in [0.25, 0.3) is 0 Å². The average Bonchev–Trinajstić information content (AvgIpc) is 1.98. The third-order valence-corrected chi connectivity index (χ3v) is 2.45. The molecule has 1 aliphatic rings. The minimum Gasteiger partial charge on any atom is -0.438 e. The summed E-state index contributed by atoms with van der Waals surface area (Å²) in [6, 6.07) is 0. The molecule has 62 valence electrons. The van der Waals surface area contributed by atoms with Crippen molar-refractivity contribution in [2.75, 3.05) is 6.61 Å². The first-order valence-electron chi connectivity index (χ1n) is 2.77. The van der Waals surface area contributed by atoms with Crippen LogP contribution in [-0.2, 0) is 23.8 Å². The van der Waals surface area contributed by atoms with Gasteiger partial charge in [0.2, 0.25) is 0 Å². The molecular formula is C5H6O5S. The SMILES string of the molecule is C=CC(=O)OC1COS1(=O)=O. The molecule has 0 bridgehead atoms. The summed E-state index contributed by atoms with van der Waals surface area (Å²) in [6.07, 6.45) is 0.897. The molecule has 0 radical (unpaired) electrons. The van der Waals surface area contributed by atoms with E-state index in [4.69, 9.17) is 0 Å². The van der Waals surface area contributed by atoms with Crippen LogP contribution in [0.15, 0.2) is 12.7 Å². The summed E-state index contributed by atoms with van der Waals surface area (Å²) in [5.74, 6) is -0.762. The first-order valence-corrected chi connectivity index (χ1v) is 4.24. The van der Waals surface area contributed by atoms with E-state index in [9.17, 15) is 13.2 Å². The van der Waals surface area contributed by atoms with Crippen LogP contribution < -0.4 is 0 Å². The third-order valence-electron chi connectivity index (χ3n) is 1.10. The van der Waals surface area contributed by atoms with E-state index >= 15 is 0 Å². The van der Waals surface area contributed by atoms with Crippen LogP contribution >= 0.6 is 0 Å². The highest BCUT2D eigenvalue weighted by Gasteiger charge is 2.40. The topological polar surface area (TPSA) is 69.7 Å². The van der Waals surface area contributed by atoms with Crippen molar-refractivity contribution >= 4 is 16.1 Å². The van der Waals surface area contributed by atoms with Gasteiger partial charge < -0.3 is 4.74 Å². The number of carbonyl (C=O) groups is 1. The normalized spacial score (nSPS) is 26.7. The predicted octanol–water partition coefficient (Wildman–Crippen LogP) is -0.598. The molecule has 0 aromatic rings. The van der Waals surface area contributed by atoms with Gasteiger partial charge in [0, 0.05) is 6.08 Å². The molecule has 0 N–H and O–H groups in total. The quantitative estimate of drug-likeness (QED) is 0.321. The molecule has 0 saturated carbocycles. The number of ether oxygens (including phenoxy) is 1. The fourth-order valence-corrected chi connectivity index (χ4v) is 1.19. The van der Waals surface area contributed by atoms with E-state index in [1.54, 1.807) is 0 Å². The lowest BCUT2D eigenvalue weighted by Crippen LogP contribution is -2.42. The van der Waals surface area contributed by atoms with Crippen LogP contribution in [0.3, 0.4) is 0 Å². The molecule has 0 aromatic heterocycles. The van der Waals surface area contributed by atoms with Crippen LogP contribution in [0.2, 0.25) is 0 Å². The highest BCUT2D eigenvalue weighted by Crippen LogP contribution is 2.17. The van der Waals surface area contributed by atoms with Gasteiger partial charge in [-0.05, 0) is 0 Å². The number of hydrogen-bond acceptors (Lipinski definition) is 5. The molecular weight excluding hydrogens is 172 g/mol. The van der Waals surface area contributed by atoms with Gasteiger partial charge in [0.25, 0.3) is 5.44 Å². The van der Waals surface area contributed by atoms with Gasteiger partial charge in [-0.25, -0.2) is 4.79 Å². The van der Waals surface area contributed by atoms with Crippen LogP contribution in [0.1, 0.15) is 0 Å². The van der Waals surface area contributed by atoms with E-state index in [1.807, 2.05) is 0 Å². The average molecular weight is 178 g/mol. The number of esters is 1. The molecule has 0 amide bonds. The van der Waals surface area contributed by atoms with Gasteiger partial charge in [-0.15, -0.1) is 0 Å². The summed E-state index contributed by atoms with van der Waals surface area (Å²) < 4.78 is 29.6. The maximum atomic E-state index is 10.5. The molecule has 11 heavy (non-hydrogen) atoms. The predicted molar refractivity (Wildman–Crippen MR) is 34.9 cm³/mol. The Balaban J connectivity index is 2.53. The summed E-state index contributed by atoms with van der Waals surface area (Å²) in [4.78, 5) is 10.4. The van der Waals surface area contributed by atoms with E-state index in [-0.39, 0.29) is 6.61 Å². The van der Waals surface area contributed by atoms with Crippen molar-refractivity contribution in [3.05, 3.63) is 12.7 Å². The molecule has 1 atom stereocenters. The summed E-state index contributed by atoms with van der Waals surface area (Å²) in [5.41, 5.74) is -1.15. The van der Waals surface area contributed by atoms with E-state index in [1.165, 1.54) is 0 Å². The van der Waals surface area contributed by atoms with Gasteiger partial charge in [-0.1, -0.05) is 6.58 Å². The minimum atomic E-state index is -3.62. The molecule has 0 aromatic carbocycles. The standard InChI is InChI=1S/C5H6O5S/c1-2-4(6)10-5-3-9-11(5,7)8/h2,5H,1,3H2. The molecule has 1 aliphatic heterocycles. The van der Waals surface area contributed by atoms with Gasteiger partial charge in [-0.3, -0.25) is 4.18 Å². The fraction of sp³-hybridized carbons (Fsp3) is 0.400. The van der Waals surface area contributed by atoms with Gasteiger partial charge >= 0.3 is 16.1 Å². The van der Waals surface area contributed by atoms with Crippen molar-refractivity contribution in [2.45, 2.75) is 5.44 Å². The highest BCUT2D eigenvalue weighted by molar-refractivity contribution is 7.88. The van der Waals surface area contributed by atoms with Crippen molar-refractivity contribution in [3.63, 3.8) is 0 Å². The number of rotatable bonds is 2. The Morgan fingerprint density at radius 3 is 2.64 bits per heavy atom. The fourth-order valence-electron chi connectivity index (χ4n) is 0.505.